The van der Waals surface area contributed by atoms with E-state index in [-0.39, 0.29) is 45.8 Å². The zero-order valence-corrected chi connectivity index (χ0v) is 16.8. The van der Waals surface area contributed by atoms with E-state index in [0.29, 0.717) is 18.5 Å². The molecule has 0 saturated carbocycles. The fourth-order valence-corrected chi connectivity index (χ4v) is 3.12. The lowest BCUT2D eigenvalue weighted by molar-refractivity contribution is 0.0951. The molecule has 2 aromatic carbocycles. The van der Waals surface area contributed by atoms with Crippen LogP contribution in [0.2, 0.25) is 5.02 Å². The third kappa shape index (κ3) is 4.77. The van der Waals surface area contributed by atoms with Gasteiger partial charge in [0.15, 0.2) is 0 Å². The van der Waals surface area contributed by atoms with Crippen molar-refractivity contribution >= 4 is 23.4 Å². The summed E-state index contributed by atoms with van der Waals surface area (Å²) in [6, 6.07) is 10.2. The summed E-state index contributed by atoms with van der Waals surface area (Å²) >= 11 is 6.08. The molecule has 0 atom stereocenters. The van der Waals surface area contributed by atoms with Crippen molar-refractivity contribution in [1.29, 1.82) is 0 Å². The van der Waals surface area contributed by atoms with Gasteiger partial charge in [-0.25, -0.2) is 4.39 Å². The van der Waals surface area contributed by atoms with Gasteiger partial charge < -0.3 is 20.3 Å². The van der Waals surface area contributed by atoms with Crippen LogP contribution in [0.25, 0.3) is 11.3 Å². The summed E-state index contributed by atoms with van der Waals surface area (Å²) in [4.78, 5) is 24.6. The number of carbonyl (C=O) groups excluding carboxylic acids is 2. The summed E-state index contributed by atoms with van der Waals surface area (Å²) in [5.41, 5.74) is 0.473. The first-order chi connectivity index (χ1) is 14.4. The fourth-order valence-electron chi connectivity index (χ4n) is 2.86. The van der Waals surface area contributed by atoms with E-state index in [1.807, 2.05) is 0 Å². The molecule has 0 unspecified atom stereocenters. The number of hydrogen-bond acceptors (Lipinski definition) is 5. The van der Waals surface area contributed by atoms with E-state index in [0.717, 1.165) is 0 Å². The van der Waals surface area contributed by atoms with Gasteiger partial charge in [-0.05, 0) is 43.7 Å². The van der Waals surface area contributed by atoms with Crippen LogP contribution in [0, 0.1) is 12.7 Å². The molecule has 1 aromatic heterocycles. The minimum Gasteiger partial charge on any atom is -0.508 e. The second kappa shape index (κ2) is 9.41. The number of amides is 2. The van der Waals surface area contributed by atoms with Crippen molar-refractivity contribution in [3.63, 3.8) is 0 Å². The lowest BCUT2D eigenvalue weighted by atomic mass is 10.0. The van der Waals surface area contributed by atoms with Crippen molar-refractivity contribution in [3.05, 3.63) is 70.2 Å². The molecule has 0 radical (unpaired) electrons. The van der Waals surface area contributed by atoms with Crippen molar-refractivity contribution < 1.29 is 23.6 Å². The van der Waals surface area contributed by atoms with Crippen LogP contribution in [0.1, 0.15) is 32.9 Å². The standard InChI is InChI=1S/C21H19ClFN3O4/c1-12-17(19(26-30-12)18-15(22)7-3-8-16(18)23)21(29)25-10-4-9-24-20(28)13-5-2-6-14(27)11-13/h2-3,5-8,11,27H,4,9-10H2,1H3,(H,24,28)(H,25,29). The van der Waals surface area contributed by atoms with E-state index in [4.69, 9.17) is 16.1 Å². The molecule has 0 aliphatic carbocycles. The van der Waals surface area contributed by atoms with Gasteiger partial charge in [0.05, 0.1) is 10.6 Å². The maximum absolute atomic E-state index is 14.2. The van der Waals surface area contributed by atoms with Gasteiger partial charge in [0.2, 0.25) is 0 Å². The molecular formula is C21H19ClFN3O4. The van der Waals surface area contributed by atoms with Crippen molar-refractivity contribution in [2.75, 3.05) is 13.1 Å². The summed E-state index contributed by atoms with van der Waals surface area (Å²) in [5, 5.41) is 18.7. The van der Waals surface area contributed by atoms with Crippen molar-refractivity contribution in [2.24, 2.45) is 0 Å². The van der Waals surface area contributed by atoms with E-state index < -0.39 is 11.7 Å². The SMILES string of the molecule is Cc1onc(-c2c(F)cccc2Cl)c1C(=O)NCCCNC(=O)c1cccc(O)c1. The number of hydrogen-bond donors (Lipinski definition) is 3. The Bertz CT molecular complexity index is 1060. The maximum Gasteiger partial charge on any atom is 0.257 e. The third-order valence-corrected chi connectivity index (χ3v) is 4.64. The molecule has 3 aromatic rings. The number of nitrogens with zero attached hydrogens (tertiary/aromatic N) is 1. The van der Waals surface area contributed by atoms with Crippen LogP contribution in [0.4, 0.5) is 4.39 Å². The van der Waals surface area contributed by atoms with Crippen LogP contribution >= 0.6 is 11.6 Å². The van der Waals surface area contributed by atoms with Crippen LogP contribution in [-0.2, 0) is 0 Å². The molecule has 0 aliphatic rings. The predicted molar refractivity (Wildman–Crippen MR) is 109 cm³/mol. The summed E-state index contributed by atoms with van der Waals surface area (Å²) in [6.07, 6.45) is 0.455. The second-order valence-electron chi connectivity index (χ2n) is 6.47. The Morgan fingerprint density at radius 3 is 2.53 bits per heavy atom. The summed E-state index contributed by atoms with van der Waals surface area (Å²) < 4.78 is 19.3. The largest absolute Gasteiger partial charge is 0.508 e. The van der Waals surface area contributed by atoms with Gasteiger partial charge in [-0.2, -0.15) is 0 Å². The Labute approximate surface area is 176 Å². The molecule has 9 heteroatoms. The fraction of sp³-hybridized carbons (Fsp3) is 0.190. The number of halogens is 2. The first-order valence-electron chi connectivity index (χ1n) is 9.14. The lowest BCUT2D eigenvalue weighted by Gasteiger charge is -2.08. The van der Waals surface area contributed by atoms with Gasteiger partial charge in [0.25, 0.3) is 11.8 Å². The molecule has 0 saturated heterocycles. The molecule has 3 N–H and O–H groups in total. The smallest absolute Gasteiger partial charge is 0.257 e. The summed E-state index contributed by atoms with van der Waals surface area (Å²) in [6.45, 7) is 2.12. The number of rotatable bonds is 7. The number of benzene rings is 2. The molecule has 30 heavy (non-hydrogen) atoms. The molecule has 3 rings (SSSR count). The number of nitrogens with one attached hydrogen (secondary N) is 2. The minimum atomic E-state index is -0.612. The van der Waals surface area contributed by atoms with Crippen LogP contribution < -0.4 is 10.6 Å². The first-order valence-corrected chi connectivity index (χ1v) is 9.52. The third-order valence-electron chi connectivity index (χ3n) is 4.32. The van der Waals surface area contributed by atoms with E-state index in [2.05, 4.69) is 15.8 Å². The molecule has 0 bridgehead atoms. The second-order valence-corrected chi connectivity index (χ2v) is 6.88. The van der Waals surface area contributed by atoms with Crippen molar-refractivity contribution in [3.8, 4) is 17.0 Å². The average Bonchev–Trinajstić information content (AvgIpc) is 3.08. The normalized spacial score (nSPS) is 10.6. The molecule has 0 spiro atoms. The molecule has 2 amide bonds. The molecule has 0 fully saturated rings. The summed E-state index contributed by atoms with van der Waals surface area (Å²) in [7, 11) is 0. The molecule has 0 aliphatic heterocycles. The maximum atomic E-state index is 14.2. The van der Waals surface area contributed by atoms with Gasteiger partial charge in [-0.3, -0.25) is 9.59 Å². The number of aryl methyl sites for hydroxylation is 1. The Balaban J connectivity index is 1.57. The average molecular weight is 432 g/mol. The van der Waals surface area contributed by atoms with Gasteiger partial charge in [-0.15, -0.1) is 0 Å². The topological polar surface area (TPSA) is 104 Å². The number of aromatic hydroxyl groups is 1. The number of phenols is 1. The Morgan fingerprint density at radius 1 is 1.13 bits per heavy atom. The number of aromatic nitrogens is 1. The highest BCUT2D eigenvalue weighted by atomic mass is 35.5. The highest BCUT2D eigenvalue weighted by molar-refractivity contribution is 6.33. The predicted octanol–water partition coefficient (Wildman–Crippen LogP) is 3.70. The highest BCUT2D eigenvalue weighted by Crippen LogP contribution is 2.33. The Morgan fingerprint density at radius 2 is 1.83 bits per heavy atom. The minimum absolute atomic E-state index is 0.000422. The van der Waals surface area contributed by atoms with Gasteiger partial charge in [0, 0.05) is 18.7 Å². The monoisotopic (exact) mass is 431 g/mol. The van der Waals surface area contributed by atoms with E-state index in [1.54, 1.807) is 19.1 Å². The van der Waals surface area contributed by atoms with Gasteiger partial charge in [-0.1, -0.05) is 28.9 Å². The van der Waals surface area contributed by atoms with Crippen molar-refractivity contribution in [1.82, 2.24) is 15.8 Å². The van der Waals surface area contributed by atoms with Gasteiger partial charge >= 0.3 is 0 Å². The van der Waals surface area contributed by atoms with E-state index >= 15 is 0 Å². The first kappa shape index (κ1) is 21.3. The zero-order valence-electron chi connectivity index (χ0n) is 16.0. The van der Waals surface area contributed by atoms with E-state index in [1.165, 1.54) is 30.3 Å². The number of phenolic OH excluding ortho intramolecular Hbond substituents is 1. The molecule has 7 nitrogen and oxygen atoms in total. The molecule has 156 valence electrons. The van der Waals surface area contributed by atoms with Crippen LogP contribution in [0.3, 0.4) is 0 Å². The zero-order chi connectivity index (χ0) is 21.7. The summed E-state index contributed by atoms with van der Waals surface area (Å²) in [5.74, 6) is -1.19. The van der Waals surface area contributed by atoms with Crippen LogP contribution in [-0.4, -0.2) is 35.2 Å². The highest BCUT2D eigenvalue weighted by Gasteiger charge is 2.25. The molecule has 1 heterocycles. The Hall–Kier alpha value is -3.39. The number of carbonyl (C=O) groups is 2. The lowest BCUT2D eigenvalue weighted by Crippen LogP contribution is -2.30. The van der Waals surface area contributed by atoms with Gasteiger partial charge in [0.1, 0.15) is 28.6 Å². The van der Waals surface area contributed by atoms with Crippen LogP contribution in [0.15, 0.2) is 47.0 Å². The Kier molecular flexibility index (Phi) is 6.68. The van der Waals surface area contributed by atoms with Crippen LogP contribution in [0.5, 0.6) is 5.75 Å². The quantitative estimate of drug-likeness (QED) is 0.495. The van der Waals surface area contributed by atoms with E-state index in [9.17, 15) is 19.1 Å². The molecular weight excluding hydrogens is 413 g/mol. The van der Waals surface area contributed by atoms with Crippen molar-refractivity contribution in [2.45, 2.75) is 13.3 Å².